The molecule has 0 saturated heterocycles. The molecule has 0 unspecified atom stereocenters. The minimum atomic E-state index is -0.963. The fourth-order valence-corrected chi connectivity index (χ4v) is 5.51. The van der Waals surface area contributed by atoms with Crippen molar-refractivity contribution < 1.29 is 19.4 Å². The number of hydrogen-bond acceptors (Lipinski definition) is 3. The number of rotatable bonds is 10. The van der Waals surface area contributed by atoms with Crippen molar-refractivity contribution in [1.29, 1.82) is 0 Å². The average Bonchev–Trinajstić information content (AvgIpc) is 3.76. The number of ether oxygens (including phenoxy) is 1. The lowest BCUT2D eigenvalue weighted by Crippen LogP contribution is -2.29. The molecule has 1 fully saturated rings. The molecule has 0 aliphatic heterocycles. The normalized spacial score (nSPS) is 14.7. The van der Waals surface area contributed by atoms with E-state index in [1.807, 2.05) is 43.3 Å². The molecule has 4 aromatic rings. The summed E-state index contributed by atoms with van der Waals surface area (Å²) in [4.78, 5) is 25.0. The molecule has 3 aromatic carbocycles. The van der Waals surface area contributed by atoms with Gasteiger partial charge >= 0.3 is 5.97 Å². The van der Waals surface area contributed by atoms with E-state index in [4.69, 9.17) is 16.3 Å². The van der Waals surface area contributed by atoms with Gasteiger partial charge in [0.25, 0.3) is 5.91 Å². The molecule has 0 spiro atoms. The van der Waals surface area contributed by atoms with Crippen molar-refractivity contribution in [1.82, 2.24) is 9.88 Å². The number of carbonyl (C=O) groups is 2. The number of nitrogens with one attached hydrogen (secondary N) is 1. The van der Waals surface area contributed by atoms with Gasteiger partial charge in [0.1, 0.15) is 5.75 Å². The number of fused-ring (bicyclic) bond motifs is 1. The summed E-state index contributed by atoms with van der Waals surface area (Å²) in [6, 6.07) is 19.6. The number of hydrogen-bond donors (Lipinski definition) is 2. The molecule has 1 aromatic heterocycles. The Morgan fingerprint density at radius 3 is 2.44 bits per heavy atom. The van der Waals surface area contributed by atoms with Crippen LogP contribution in [0.5, 0.6) is 5.75 Å². The average molecular weight is 573 g/mol. The number of nitrogens with zero attached hydrogens (tertiary/aromatic N) is 1. The minimum Gasteiger partial charge on any atom is -0.478 e. The van der Waals surface area contributed by atoms with E-state index in [2.05, 4.69) is 55.8 Å². The first-order valence-electron chi connectivity index (χ1n) is 14.2. The van der Waals surface area contributed by atoms with Crippen LogP contribution in [-0.4, -0.2) is 27.7 Å². The smallest absolute Gasteiger partial charge is 0.345 e. The molecule has 2 atom stereocenters. The van der Waals surface area contributed by atoms with E-state index >= 15 is 0 Å². The van der Waals surface area contributed by atoms with Crippen molar-refractivity contribution in [3.8, 4) is 5.75 Å². The Kier molecular flexibility index (Phi) is 8.14. The third-order valence-corrected chi connectivity index (χ3v) is 8.52. The van der Waals surface area contributed by atoms with Gasteiger partial charge in [-0.05, 0) is 92.1 Å². The lowest BCUT2D eigenvalue weighted by molar-refractivity contribution is -0.146. The minimum absolute atomic E-state index is 0.0325. The fraction of sp³-hybridized carbons (Fsp3) is 0.353. The second kappa shape index (κ2) is 11.6. The molecular formula is C34H37ClN2O4. The topological polar surface area (TPSA) is 80.6 Å². The van der Waals surface area contributed by atoms with Gasteiger partial charge in [0.15, 0.2) is 6.10 Å². The van der Waals surface area contributed by atoms with E-state index in [-0.39, 0.29) is 17.9 Å². The van der Waals surface area contributed by atoms with E-state index in [9.17, 15) is 14.7 Å². The molecule has 7 heteroatoms. The monoisotopic (exact) mass is 572 g/mol. The van der Waals surface area contributed by atoms with Crippen molar-refractivity contribution in [3.05, 3.63) is 99.2 Å². The first-order valence-corrected chi connectivity index (χ1v) is 14.6. The molecule has 0 radical (unpaired) electrons. The number of amides is 1. The number of carboxylic acid groups (broad SMARTS) is 1. The molecule has 214 valence electrons. The zero-order valence-electron chi connectivity index (χ0n) is 24.2. The number of carboxylic acids is 1. The van der Waals surface area contributed by atoms with Crippen LogP contribution in [0.2, 0.25) is 5.02 Å². The largest absolute Gasteiger partial charge is 0.478 e. The molecule has 1 amide bonds. The zero-order valence-corrected chi connectivity index (χ0v) is 25.0. The van der Waals surface area contributed by atoms with Crippen LogP contribution < -0.4 is 10.1 Å². The molecule has 1 aliphatic carbocycles. The van der Waals surface area contributed by atoms with E-state index in [0.29, 0.717) is 28.8 Å². The van der Waals surface area contributed by atoms with Gasteiger partial charge in [-0.3, -0.25) is 4.79 Å². The summed E-state index contributed by atoms with van der Waals surface area (Å²) in [6.07, 6.45) is 0.823. The quantitative estimate of drug-likeness (QED) is 0.203. The SMILES string of the molecule is Cc1c(C)n(Cc2ccc(Cl)c(O[C@@H](C(=O)O)C3CC3)c2)c2ccc(C(=O)N[C@@H](C)c3cccc(C(C)C)c3)cc12. The van der Waals surface area contributed by atoms with Crippen LogP contribution in [0.25, 0.3) is 10.9 Å². The molecular weight excluding hydrogens is 536 g/mol. The van der Waals surface area contributed by atoms with Crippen molar-refractivity contribution in [3.63, 3.8) is 0 Å². The van der Waals surface area contributed by atoms with Gasteiger partial charge in [-0.2, -0.15) is 0 Å². The second-order valence-electron chi connectivity index (χ2n) is 11.5. The van der Waals surface area contributed by atoms with Gasteiger partial charge in [-0.1, -0.05) is 55.8 Å². The molecule has 0 bridgehead atoms. The summed E-state index contributed by atoms with van der Waals surface area (Å²) in [5.41, 5.74) is 7.12. The standard InChI is InChI=1S/C34H37ClN2O4/c1-19(2)25-7-6-8-26(16-25)21(4)36-33(38)27-12-14-30-28(17-27)20(3)22(5)37(30)18-23-9-13-29(35)31(15-23)41-32(34(39)40)24-10-11-24/h6-9,12-17,19,21,24,32H,10-11,18H2,1-5H3,(H,36,38)(H,39,40)/t21-,32+/m0/s1. The molecule has 1 heterocycles. The van der Waals surface area contributed by atoms with Crippen molar-refractivity contribution >= 4 is 34.4 Å². The molecule has 5 rings (SSSR count). The van der Waals surface area contributed by atoms with Crippen LogP contribution in [0.4, 0.5) is 0 Å². The molecule has 6 nitrogen and oxygen atoms in total. The van der Waals surface area contributed by atoms with Gasteiger partial charge in [0, 0.05) is 34.6 Å². The highest BCUT2D eigenvalue weighted by Crippen LogP contribution is 2.37. The summed E-state index contributed by atoms with van der Waals surface area (Å²) in [5.74, 6) is -0.226. The number of aromatic nitrogens is 1. The Hall–Kier alpha value is -3.77. The highest BCUT2D eigenvalue weighted by Gasteiger charge is 2.38. The number of carbonyl (C=O) groups excluding carboxylic acids is 1. The summed E-state index contributed by atoms with van der Waals surface area (Å²) in [5, 5.41) is 14.2. The fourth-order valence-electron chi connectivity index (χ4n) is 5.35. The van der Waals surface area contributed by atoms with Crippen molar-refractivity contribution in [2.75, 3.05) is 0 Å². The molecule has 41 heavy (non-hydrogen) atoms. The summed E-state index contributed by atoms with van der Waals surface area (Å²) >= 11 is 6.38. The number of benzene rings is 3. The predicted octanol–water partition coefficient (Wildman–Crippen LogP) is 7.82. The van der Waals surface area contributed by atoms with Gasteiger partial charge in [0.05, 0.1) is 11.1 Å². The Balaban J connectivity index is 1.37. The van der Waals surface area contributed by atoms with E-state index in [1.54, 1.807) is 6.07 Å². The van der Waals surface area contributed by atoms with Gasteiger partial charge < -0.3 is 19.7 Å². The number of aryl methyl sites for hydroxylation is 1. The van der Waals surface area contributed by atoms with Crippen LogP contribution in [0.1, 0.15) is 83.9 Å². The highest BCUT2D eigenvalue weighted by molar-refractivity contribution is 6.32. The van der Waals surface area contributed by atoms with E-state index in [0.717, 1.165) is 46.1 Å². The maximum Gasteiger partial charge on any atom is 0.345 e. The lowest BCUT2D eigenvalue weighted by atomic mass is 9.98. The number of aliphatic carboxylic acids is 1. The van der Waals surface area contributed by atoms with E-state index in [1.165, 1.54) is 5.56 Å². The van der Waals surface area contributed by atoms with Gasteiger partial charge in [-0.15, -0.1) is 0 Å². The van der Waals surface area contributed by atoms with Crippen molar-refractivity contribution in [2.24, 2.45) is 5.92 Å². The van der Waals surface area contributed by atoms with E-state index < -0.39 is 12.1 Å². The Morgan fingerprint density at radius 1 is 1.02 bits per heavy atom. The first-order chi connectivity index (χ1) is 19.5. The van der Waals surface area contributed by atoms with Crippen LogP contribution in [0.3, 0.4) is 0 Å². The third kappa shape index (κ3) is 6.13. The number of halogens is 1. The van der Waals surface area contributed by atoms with Crippen LogP contribution in [0.15, 0.2) is 60.7 Å². The Labute approximate surface area is 246 Å². The zero-order chi connectivity index (χ0) is 29.4. The highest BCUT2D eigenvalue weighted by atomic mass is 35.5. The first kappa shape index (κ1) is 28.7. The summed E-state index contributed by atoms with van der Waals surface area (Å²) in [6.45, 7) is 11.0. The Bertz CT molecular complexity index is 1620. The molecule has 2 N–H and O–H groups in total. The van der Waals surface area contributed by atoms with Crippen LogP contribution in [0, 0.1) is 19.8 Å². The van der Waals surface area contributed by atoms with Crippen LogP contribution in [-0.2, 0) is 11.3 Å². The van der Waals surface area contributed by atoms with Gasteiger partial charge in [-0.25, -0.2) is 4.79 Å². The third-order valence-electron chi connectivity index (χ3n) is 8.21. The molecule has 1 aliphatic rings. The molecule has 1 saturated carbocycles. The van der Waals surface area contributed by atoms with Crippen molar-refractivity contribution in [2.45, 2.75) is 72.1 Å². The van der Waals surface area contributed by atoms with Crippen LogP contribution >= 0.6 is 11.6 Å². The summed E-state index contributed by atoms with van der Waals surface area (Å²) in [7, 11) is 0. The predicted molar refractivity (Wildman–Crippen MR) is 163 cm³/mol. The maximum absolute atomic E-state index is 13.3. The lowest BCUT2D eigenvalue weighted by Gasteiger charge is -2.17. The maximum atomic E-state index is 13.3. The Morgan fingerprint density at radius 2 is 1.76 bits per heavy atom. The van der Waals surface area contributed by atoms with Gasteiger partial charge in [0.2, 0.25) is 0 Å². The second-order valence-corrected chi connectivity index (χ2v) is 11.9. The summed E-state index contributed by atoms with van der Waals surface area (Å²) < 4.78 is 8.07.